The molecule has 152 valence electrons. The van der Waals surface area contributed by atoms with Gasteiger partial charge in [0.25, 0.3) is 11.8 Å². The topological polar surface area (TPSA) is 76.1 Å². The van der Waals surface area contributed by atoms with Crippen LogP contribution in [0.2, 0.25) is 0 Å². The normalized spacial score (nSPS) is 14.0. The molecule has 0 bridgehead atoms. The number of aliphatic hydroxyl groups excluding tert-OH is 1. The van der Waals surface area contributed by atoms with Gasteiger partial charge in [-0.3, -0.25) is 9.59 Å². The second-order valence-corrected chi connectivity index (χ2v) is 7.37. The summed E-state index contributed by atoms with van der Waals surface area (Å²) in [6.45, 7) is 2.54. The van der Waals surface area contributed by atoms with Crippen molar-refractivity contribution >= 4 is 34.8 Å². The standard InChI is InChI=1S/C22H23NO5S/c1-3-13-28-16-10-8-15(9-11-16)19-20(29-14-12-24)22(26)23(21(19)25)17-6-4-5-7-18(17)27-2/h4-11,24H,3,12-14H2,1-2H3. The van der Waals surface area contributed by atoms with Gasteiger partial charge in [-0.1, -0.05) is 31.2 Å². The smallest absolute Gasteiger partial charge is 0.272 e. The molecule has 6 nitrogen and oxygen atoms in total. The minimum atomic E-state index is -0.417. The van der Waals surface area contributed by atoms with Gasteiger partial charge in [0.15, 0.2) is 0 Å². The van der Waals surface area contributed by atoms with E-state index >= 15 is 0 Å². The van der Waals surface area contributed by atoms with Crippen molar-refractivity contribution in [1.82, 2.24) is 0 Å². The van der Waals surface area contributed by atoms with Crippen LogP contribution in [-0.4, -0.2) is 43.0 Å². The molecule has 0 saturated carbocycles. The zero-order chi connectivity index (χ0) is 20.8. The summed E-state index contributed by atoms with van der Waals surface area (Å²) in [6, 6.07) is 14.0. The maximum Gasteiger partial charge on any atom is 0.272 e. The third-order valence-corrected chi connectivity index (χ3v) is 5.38. The molecule has 1 aliphatic rings. The molecule has 2 aromatic carbocycles. The molecular weight excluding hydrogens is 390 g/mol. The molecule has 0 saturated heterocycles. The number of anilines is 1. The average Bonchev–Trinajstić information content (AvgIpc) is 3.00. The summed E-state index contributed by atoms with van der Waals surface area (Å²) in [5, 5.41) is 9.23. The number of hydrogen-bond donors (Lipinski definition) is 1. The number of rotatable bonds is 9. The number of thioether (sulfide) groups is 1. The predicted molar refractivity (Wildman–Crippen MR) is 114 cm³/mol. The van der Waals surface area contributed by atoms with Crippen LogP contribution in [0.5, 0.6) is 11.5 Å². The van der Waals surface area contributed by atoms with Crippen LogP contribution >= 0.6 is 11.8 Å². The molecule has 0 fully saturated rings. The Balaban J connectivity index is 2.01. The molecule has 1 heterocycles. The molecule has 2 amide bonds. The first-order chi connectivity index (χ1) is 14.1. The van der Waals surface area contributed by atoms with Gasteiger partial charge >= 0.3 is 0 Å². The molecule has 0 aliphatic carbocycles. The Labute approximate surface area is 174 Å². The van der Waals surface area contributed by atoms with Crippen LogP contribution in [0, 0.1) is 0 Å². The van der Waals surface area contributed by atoms with Crippen LogP contribution in [0.15, 0.2) is 53.4 Å². The van der Waals surface area contributed by atoms with Crippen LogP contribution in [0.25, 0.3) is 5.57 Å². The summed E-state index contributed by atoms with van der Waals surface area (Å²) < 4.78 is 10.9. The van der Waals surface area contributed by atoms with E-state index in [1.54, 1.807) is 48.5 Å². The van der Waals surface area contributed by atoms with E-state index in [0.29, 0.717) is 45.6 Å². The Morgan fingerprint density at radius 1 is 1.03 bits per heavy atom. The number of carbonyl (C=O) groups is 2. The lowest BCUT2D eigenvalue weighted by Crippen LogP contribution is -2.31. The first-order valence-corrected chi connectivity index (χ1v) is 10.3. The Hall–Kier alpha value is -2.77. The number of nitrogens with zero attached hydrogens (tertiary/aromatic N) is 1. The van der Waals surface area contributed by atoms with E-state index < -0.39 is 11.8 Å². The monoisotopic (exact) mass is 413 g/mol. The Kier molecular flexibility index (Phi) is 6.95. The summed E-state index contributed by atoms with van der Waals surface area (Å²) >= 11 is 1.17. The summed E-state index contributed by atoms with van der Waals surface area (Å²) in [5.74, 6) is 0.626. The molecule has 0 aromatic heterocycles. The molecule has 0 unspecified atom stereocenters. The lowest BCUT2D eigenvalue weighted by atomic mass is 10.1. The number of aliphatic hydroxyl groups is 1. The van der Waals surface area contributed by atoms with Gasteiger partial charge in [-0.2, -0.15) is 0 Å². The lowest BCUT2D eigenvalue weighted by Gasteiger charge is -2.18. The maximum absolute atomic E-state index is 13.3. The van der Waals surface area contributed by atoms with E-state index in [4.69, 9.17) is 9.47 Å². The number of amides is 2. The van der Waals surface area contributed by atoms with Crippen molar-refractivity contribution in [1.29, 1.82) is 0 Å². The highest BCUT2D eigenvalue weighted by Gasteiger charge is 2.41. The van der Waals surface area contributed by atoms with E-state index in [2.05, 4.69) is 0 Å². The van der Waals surface area contributed by atoms with Crippen LogP contribution in [0.3, 0.4) is 0 Å². The van der Waals surface area contributed by atoms with Gasteiger partial charge in [-0.15, -0.1) is 11.8 Å². The number of benzene rings is 2. The molecule has 2 aromatic rings. The van der Waals surface area contributed by atoms with Crippen LogP contribution in [0.1, 0.15) is 18.9 Å². The van der Waals surface area contributed by atoms with Crippen molar-refractivity contribution in [2.24, 2.45) is 0 Å². The number of para-hydroxylation sites is 2. The summed E-state index contributed by atoms with van der Waals surface area (Å²) in [6.07, 6.45) is 0.899. The van der Waals surface area contributed by atoms with E-state index in [-0.39, 0.29) is 6.61 Å². The largest absolute Gasteiger partial charge is 0.495 e. The third-order valence-electron chi connectivity index (χ3n) is 4.32. The molecule has 0 atom stereocenters. The molecule has 1 aliphatic heterocycles. The highest BCUT2D eigenvalue weighted by molar-refractivity contribution is 8.04. The van der Waals surface area contributed by atoms with Gasteiger partial charge in [0, 0.05) is 5.75 Å². The first-order valence-electron chi connectivity index (χ1n) is 9.35. The number of methoxy groups -OCH3 is 1. The van der Waals surface area contributed by atoms with E-state index in [9.17, 15) is 14.7 Å². The number of imide groups is 1. The molecular formula is C22H23NO5S. The summed E-state index contributed by atoms with van der Waals surface area (Å²) in [7, 11) is 1.49. The second kappa shape index (κ2) is 9.62. The number of hydrogen-bond acceptors (Lipinski definition) is 6. The van der Waals surface area contributed by atoms with Crippen molar-refractivity contribution in [3.8, 4) is 11.5 Å². The van der Waals surface area contributed by atoms with Gasteiger partial charge in [0.1, 0.15) is 11.5 Å². The van der Waals surface area contributed by atoms with E-state index in [1.165, 1.54) is 18.9 Å². The Morgan fingerprint density at radius 2 is 1.76 bits per heavy atom. The van der Waals surface area contributed by atoms with Crippen molar-refractivity contribution in [2.75, 3.05) is 31.0 Å². The summed E-state index contributed by atoms with van der Waals surface area (Å²) in [5.41, 5.74) is 1.34. The second-order valence-electron chi connectivity index (χ2n) is 6.27. The fourth-order valence-corrected chi connectivity index (χ4v) is 3.88. The fraction of sp³-hybridized carbons (Fsp3) is 0.273. The van der Waals surface area contributed by atoms with Crippen LogP contribution < -0.4 is 14.4 Å². The van der Waals surface area contributed by atoms with Crippen molar-refractivity contribution in [2.45, 2.75) is 13.3 Å². The molecule has 7 heteroatoms. The highest BCUT2D eigenvalue weighted by Crippen LogP contribution is 2.41. The average molecular weight is 413 g/mol. The van der Waals surface area contributed by atoms with Crippen molar-refractivity contribution in [3.63, 3.8) is 0 Å². The Bertz CT molecular complexity index is 923. The van der Waals surface area contributed by atoms with Crippen molar-refractivity contribution in [3.05, 3.63) is 59.0 Å². The van der Waals surface area contributed by atoms with Crippen LogP contribution in [0.4, 0.5) is 5.69 Å². The van der Waals surface area contributed by atoms with Gasteiger partial charge in [-0.25, -0.2) is 4.90 Å². The van der Waals surface area contributed by atoms with Gasteiger partial charge in [0.05, 0.1) is 36.5 Å². The predicted octanol–water partition coefficient (Wildman–Crippen LogP) is 3.49. The SMILES string of the molecule is CCCOc1ccc(C2=C(SCCO)C(=O)N(c3ccccc3OC)C2=O)cc1. The zero-order valence-corrected chi connectivity index (χ0v) is 17.2. The Morgan fingerprint density at radius 3 is 2.41 bits per heavy atom. The zero-order valence-electron chi connectivity index (χ0n) is 16.4. The fourth-order valence-electron chi connectivity index (χ4n) is 3.02. The van der Waals surface area contributed by atoms with Gasteiger partial charge < -0.3 is 14.6 Å². The molecule has 0 radical (unpaired) electrons. The minimum Gasteiger partial charge on any atom is -0.495 e. The number of carbonyl (C=O) groups excluding carboxylic acids is 2. The van der Waals surface area contributed by atoms with Crippen LogP contribution in [-0.2, 0) is 9.59 Å². The maximum atomic E-state index is 13.3. The highest BCUT2D eigenvalue weighted by atomic mass is 32.2. The minimum absolute atomic E-state index is 0.0959. The quantitative estimate of drug-likeness (QED) is 0.634. The lowest BCUT2D eigenvalue weighted by molar-refractivity contribution is -0.119. The van der Waals surface area contributed by atoms with E-state index in [1.807, 2.05) is 6.92 Å². The van der Waals surface area contributed by atoms with Gasteiger partial charge in [0.2, 0.25) is 0 Å². The third kappa shape index (κ3) is 4.31. The van der Waals surface area contributed by atoms with Gasteiger partial charge in [-0.05, 0) is 36.2 Å². The van der Waals surface area contributed by atoms with Crippen molar-refractivity contribution < 1.29 is 24.2 Å². The summed E-state index contributed by atoms with van der Waals surface area (Å²) in [4.78, 5) is 27.9. The molecule has 0 spiro atoms. The number of ether oxygens (including phenoxy) is 2. The van der Waals surface area contributed by atoms with E-state index in [0.717, 1.165) is 11.3 Å². The molecule has 1 N–H and O–H groups in total. The molecule has 29 heavy (non-hydrogen) atoms. The molecule has 3 rings (SSSR count). The first kappa shape index (κ1) is 21.0.